The minimum Gasteiger partial charge on any atom is -0.0622 e. The van der Waals surface area contributed by atoms with Gasteiger partial charge in [-0.05, 0) is 51.4 Å². The second kappa shape index (κ2) is 6.21. The van der Waals surface area contributed by atoms with Gasteiger partial charge in [-0.15, -0.1) is 0 Å². The van der Waals surface area contributed by atoms with E-state index < -0.39 is 0 Å². The Morgan fingerprint density at radius 3 is 1.89 bits per heavy atom. The molecule has 0 radical (unpaired) electrons. The fourth-order valence-electron chi connectivity index (χ4n) is 4.76. The van der Waals surface area contributed by atoms with Gasteiger partial charge in [0.1, 0.15) is 0 Å². The van der Waals surface area contributed by atoms with Crippen LogP contribution >= 0.6 is 0 Å². The summed E-state index contributed by atoms with van der Waals surface area (Å²) in [5, 5.41) is 0. The second-order valence-electron chi connectivity index (χ2n) is 8.31. The van der Waals surface area contributed by atoms with Crippen molar-refractivity contribution in [3.63, 3.8) is 0 Å². The Bertz CT molecular complexity index is 1160. The molecule has 0 N–H and O–H groups in total. The predicted molar refractivity (Wildman–Crippen MR) is 120 cm³/mol. The van der Waals surface area contributed by atoms with E-state index in [0.29, 0.717) is 0 Å². The second-order valence-corrected chi connectivity index (χ2v) is 8.31. The Morgan fingerprint density at radius 2 is 1.14 bits per heavy atom. The SMILES string of the molecule is Cc1ccc(-c2cccc3c2C(C)(C)c2cccc(-c4ccccc4)c2-3)cc1. The molecule has 0 bridgehead atoms. The van der Waals surface area contributed by atoms with Crippen LogP contribution in [0.25, 0.3) is 33.4 Å². The molecule has 0 aromatic heterocycles. The van der Waals surface area contributed by atoms with Gasteiger partial charge in [-0.3, -0.25) is 0 Å². The fraction of sp³-hybridized carbons (Fsp3) is 0.143. The highest BCUT2D eigenvalue weighted by Crippen LogP contribution is 2.54. The third-order valence-corrected chi connectivity index (χ3v) is 6.14. The third kappa shape index (κ3) is 2.45. The molecule has 136 valence electrons. The zero-order valence-electron chi connectivity index (χ0n) is 16.7. The summed E-state index contributed by atoms with van der Waals surface area (Å²) in [5.74, 6) is 0. The summed E-state index contributed by atoms with van der Waals surface area (Å²) < 4.78 is 0. The Kier molecular flexibility index (Phi) is 3.77. The van der Waals surface area contributed by atoms with Crippen molar-refractivity contribution in [3.05, 3.63) is 108 Å². The molecule has 0 nitrogen and oxygen atoms in total. The zero-order valence-corrected chi connectivity index (χ0v) is 16.7. The van der Waals surface area contributed by atoms with E-state index in [1.807, 2.05) is 0 Å². The number of aryl methyl sites for hydroxylation is 1. The summed E-state index contributed by atoms with van der Waals surface area (Å²) in [7, 11) is 0. The van der Waals surface area contributed by atoms with E-state index in [9.17, 15) is 0 Å². The smallest absolute Gasteiger partial charge is 0.0165 e. The zero-order chi connectivity index (χ0) is 19.3. The molecule has 4 aromatic rings. The monoisotopic (exact) mass is 360 g/mol. The van der Waals surface area contributed by atoms with Crippen LogP contribution in [0, 0.1) is 6.92 Å². The molecule has 0 heteroatoms. The lowest BCUT2D eigenvalue weighted by Gasteiger charge is -2.24. The van der Waals surface area contributed by atoms with Gasteiger partial charge >= 0.3 is 0 Å². The van der Waals surface area contributed by atoms with Gasteiger partial charge in [-0.2, -0.15) is 0 Å². The number of rotatable bonds is 2. The van der Waals surface area contributed by atoms with Crippen LogP contribution in [0.2, 0.25) is 0 Å². The normalized spacial score (nSPS) is 13.8. The van der Waals surface area contributed by atoms with Crippen molar-refractivity contribution in [2.45, 2.75) is 26.2 Å². The van der Waals surface area contributed by atoms with Crippen molar-refractivity contribution in [1.29, 1.82) is 0 Å². The minimum atomic E-state index is -0.0308. The fourth-order valence-corrected chi connectivity index (χ4v) is 4.76. The first-order valence-corrected chi connectivity index (χ1v) is 9.97. The van der Waals surface area contributed by atoms with E-state index in [2.05, 4.69) is 112 Å². The highest BCUT2D eigenvalue weighted by Gasteiger charge is 2.38. The van der Waals surface area contributed by atoms with Crippen molar-refractivity contribution < 1.29 is 0 Å². The molecule has 0 unspecified atom stereocenters. The van der Waals surface area contributed by atoms with E-state index in [1.54, 1.807) is 0 Å². The van der Waals surface area contributed by atoms with Gasteiger partial charge in [-0.1, -0.05) is 110 Å². The third-order valence-electron chi connectivity index (χ3n) is 6.14. The van der Waals surface area contributed by atoms with Crippen LogP contribution in [-0.2, 0) is 5.41 Å². The quantitative estimate of drug-likeness (QED) is 0.344. The number of hydrogen-bond acceptors (Lipinski definition) is 0. The first-order chi connectivity index (χ1) is 13.6. The molecular weight excluding hydrogens is 336 g/mol. The topological polar surface area (TPSA) is 0 Å². The molecule has 28 heavy (non-hydrogen) atoms. The van der Waals surface area contributed by atoms with Crippen LogP contribution < -0.4 is 0 Å². The molecular formula is C28H24. The molecule has 0 aliphatic heterocycles. The number of fused-ring (bicyclic) bond motifs is 3. The van der Waals surface area contributed by atoms with E-state index in [4.69, 9.17) is 0 Å². The summed E-state index contributed by atoms with van der Waals surface area (Å²) in [4.78, 5) is 0. The Hall–Kier alpha value is -3.12. The molecule has 0 spiro atoms. The summed E-state index contributed by atoms with van der Waals surface area (Å²) in [6.07, 6.45) is 0. The van der Waals surface area contributed by atoms with Crippen molar-refractivity contribution in [2.75, 3.05) is 0 Å². The standard InChI is InChI=1S/C28H24/c1-19-15-17-21(18-16-19)23-12-7-13-24-26-22(20-9-5-4-6-10-20)11-8-14-25(26)28(2,3)27(23)24/h4-18H,1-3H3. The van der Waals surface area contributed by atoms with Crippen molar-refractivity contribution in [1.82, 2.24) is 0 Å². The molecule has 0 heterocycles. The van der Waals surface area contributed by atoms with Crippen molar-refractivity contribution in [3.8, 4) is 33.4 Å². The van der Waals surface area contributed by atoms with Crippen molar-refractivity contribution >= 4 is 0 Å². The van der Waals surface area contributed by atoms with Crippen LogP contribution in [0.15, 0.2) is 91.0 Å². The lowest BCUT2D eigenvalue weighted by Crippen LogP contribution is -2.16. The van der Waals surface area contributed by atoms with E-state index in [0.717, 1.165) is 0 Å². The van der Waals surface area contributed by atoms with Gasteiger partial charge in [0.25, 0.3) is 0 Å². The highest BCUT2D eigenvalue weighted by atomic mass is 14.4. The predicted octanol–water partition coefficient (Wildman–Crippen LogP) is 7.64. The average Bonchev–Trinajstić information content (AvgIpc) is 2.97. The molecule has 0 saturated heterocycles. The molecule has 0 atom stereocenters. The maximum atomic E-state index is 2.37. The largest absolute Gasteiger partial charge is 0.0622 e. The maximum absolute atomic E-state index is 2.37. The van der Waals surface area contributed by atoms with E-state index in [1.165, 1.54) is 50.1 Å². The van der Waals surface area contributed by atoms with Crippen LogP contribution in [0.5, 0.6) is 0 Å². The van der Waals surface area contributed by atoms with Gasteiger partial charge in [0.15, 0.2) is 0 Å². The van der Waals surface area contributed by atoms with Gasteiger partial charge < -0.3 is 0 Å². The first-order valence-electron chi connectivity index (χ1n) is 9.97. The average molecular weight is 361 g/mol. The van der Waals surface area contributed by atoms with Gasteiger partial charge in [0.05, 0.1) is 0 Å². The molecule has 0 fully saturated rings. The Balaban J connectivity index is 1.81. The summed E-state index contributed by atoms with van der Waals surface area (Å²) in [6, 6.07) is 33.2. The Morgan fingerprint density at radius 1 is 0.536 bits per heavy atom. The van der Waals surface area contributed by atoms with E-state index >= 15 is 0 Å². The number of hydrogen-bond donors (Lipinski definition) is 0. The van der Waals surface area contributed by atoms with Crippen LogP contribution in [0.1, 0.15) is 30.5 Å². The lowest BCUT2D eigenvalue weighted by atomic mass is 9.78. The molecule has 1 aliphatic carbocycles. The summed E-state index contributed by atoms with van der Waals surface area (Å²) >= 11 is 0. The maximum Gasteiger partial charge on any atom is 0.0165 e. The van der Waals surface area contributed by atoms with Gasteiger partial charge in [0, 0.05) is 5.41 Å². The Labute approximate surface area is 167 Å². The minimum absolute atomic E-state index is 0.0308. The number of benzene rings is 4. The van der Waals surface area contributed by atoms with Crippen LogP contribution in [-0.4, -0.2) is 0 Å². The van der Waals surface area contributed by atoms with Crippen LogP contribution in [0.3, 0.4) is 0 Å². The summed E-state index contributed by atoms with van der Waals surface area (Å²) in [6.45, 7) is 6.87. The lowest BCUT2D eigenvalue weighted by molar-refractivity contribution is 0.662. The van der Waals surface area contributed by atoms with Crippen LogP contribution in [0.4, 0.5) is 0 Å². The van der Waals surface area contributed by atoms with Gasteiger partial charge in [-0.25, -0.2) is 0 Å². The van der Waals surface area contributed by atoms with Crippen molar-refractivity contribution in [2.24, 2.45) is 0 Å². The molecule has 0 amide bonds. The molecule has 0 saturated carbocycles. The van der Waals surface area contributed by atoms with Gasteiger partial charge in [0.2, 0.25) is 0 Å². The summed E-state index contributed by atoms with van der Waals surface area (Å²) in [5.41, 5.74) is 12.1. The molecule has 1 aliphatic rings. The molecule has 5 rings (SSSR count). The highest BCUT2D eigenvalue weighted by molar-refractivity contribution is 5.95. The molecule has 4 aromatic carbocycles. The first kappa shape index (κ1) is 17.0. The van der Waals surface area contributed by atoms with E-state index in [-0.39, 0.29) is 5.41 Å².